The van der Waals surface area contributed by atoms with Gasteiger partial charge in [0, 0.05) is 29.2 Å². The third-order valence-corrected chi connectivity index (χ3v) is 11.3. The highest BCUT2D eigenvalue weighted by molar-refractivity contribution is 7.92. The fourth-order valence-corrected chi connectivity index (χ4v) is 8.75. The second-order valence-corrected chi connectivity index (χ2v) is 13.2. The minimum absolute atomic E-state index is 0.239. The van der Waals surface area contributed by atoms with Crippen molar-refractivity contribution in [2.24, 2.45) is 0 Å². The summed E-state index contributed by atoms with van der Waals surface area (Å²) in [5.74, 6) is 0.103. The maximum absolute atomic E-state index is 14.3. The molecule has 0 bridgehead atoms. The molecule has 8 heteroatoms. The lowest BCUT2D eigenvalue weighted by atomic mass is 9.79. The monoisotopic (exact) mass is 543 g/mol. The van der Waals surface area contributed by atoms with Gasteiger partial charge < -0.3 is 4.90 Å². The van der Waals surface area contributed by atoms with E-state index in [-0.39, 0.29) is 4.90 Å². The first-order chi connectivity index (χ1) is 17.7. The average Bonchev–Trinajstić information content (AvgIpc) is 3.29. The molecule has 0 amide bonds. The summed E-state index contributed by atoms with van der Waals surface area (Å²) in [6.07, 6.45) is 4.63. The highest BCUT2D eigenvalue weighted by Crippen LogP contribution is 2.48. The van der Waals surface area contributed by atoms with Gasteiger partial charge in [-0.25, -0.2) is 12.8 Å². The summed E-state index contributed by atoms with van der Waals surface area (Å²) in [6.45, 7) is 7.07. The van der Waals surface area contributed by atoms with Crippen LogP contribution in [0.3, 0.4) is 0 Å². The smallest absolute Gasteiger partial charge is 0.188 e. The number of piperidine rings is 1. The van der Waals surface area contributed by atoms with E-state index in [1.165, 1.54) is 17.8 Å². The number of hydrogen-bond acceptors (Lipinski definition) is 4. The Hall–Kier alpha value is -2.22. The van der Waals surface area contributed by atoms with Crippen LogP contribution in [0.2, 0.25) is 5.02 Å². The Labute approximate surface area is 224 Å². The number of likely N-dealkylation sites (tertiary alicyclic amines) is 1. The lowest BCUT2D eigenvalue weighted by Crippen LogP contribution is -2.48. The van der Waals surface area contributed by atoms with E-state index in [0.29, 0.717) is 35.4 Å². The second kappa shape index (κ2) is 10.5. The number of aryl methyl sites for hydroxylation is 2. The van der Waals surface area contributed by atoms with Crippen LogP contribution in [0.4, 0.5) is 4.39 Å². The van der Waals surface area contributed by atoms with Crippen LogP contribution >= 0.6 is 11.6 Å². The van der Waals surface area contributed by atoms with Crippen LogP contribution in [0.5, 0.6) is 0 Å². The van der Waals surface area contributed by atoms with Crippen molar-refractivity contribution in [1.82, 2.24) is 14.7 Å². The summed E-state index contributed by atoms with van der Waals surface area (Å²) in [5.41, 5.74) is 2.95. The molecule has 0 unspecified atom stereocenters. The van der Waals surface area contributed by atoms with Crippen molar-refractivity contribution in [3.8, 4) is 0 Å². The standard InChI is InChI=1S/C29H35ClFN3O2S/c1-3-34-28(19-21(2)32-34)22-13-17-33(18-14-22)26-11-15-29(16-12-26,23-5-4-6-25(31)20-23)37(35,36)27-9-7-24(30)8-10-27/h4-10,19-20,22,26H,3,11-18H2,1-2H3. The molecular formula is C29H35ClFN3O2S. The Balaban J connectivity index is 1.35. The van der Waals surface area contributed by atoms with Gasteiger partial charge in [-0.15, -0.1) is 0 Å². The van der Waals surface area contributed by atoms with Crippen molar-refractivity contribution in [3.63, 3.8) is 0 Å². The minimum Gasteiger partial charge on any atom is -0.300 e. The SMILES string of the molecule is CCn1nc(C)cc1C1CCN(C2CCC(c3cccc(F)c3)(S(=O)(=O)c3ccc(Cl)cc3)CC2)CC1. The molecule has 1 saturated heterocycles. The van der Waals surface area contributed by atoms with Crippen LogP contribution in [0.25, 0.3) is 0 Å². The molecule has 37 heavy (non-hydrogen) atoms. The van der Waals surface area contributed by atoms with Gasteiger partial charge in [-0.2, -0.15) is 5.10 Å². The summed E-state index contributed by atoms with van der Waals surface area (Å²) < 4.78 is 43.5. The predicted molar refractivity (Wildman–Crippen MR) is 145 cm³/mol. The molecule has 1 aromatic heterocycles. The summed E-state index contributed by atoms with van der Waals surface area (Å²) in [7, 11) is -3.77. The van der Waals surface area contributed by atoms with Crippen LogP contribution in [-0.4, -0.2) is 42.2 Å². The van der Waals surface area contributed by atoms with E-state index in [4.69, 9.17) is 11.6 Å². The Morgan fingerprint density at radius 3 is 2.32 bits per heavy atom. The zero-order valence-corrected chi connectivity index (χ0v) is 23.1. The van der Waals surface area contributed by atoms with E-state index in [9.17, 15) is 12.8 Å². The number of rotatable bonds is 6. The predicted octanol–water partition coefficient (Wildman–Crippen LogP) is 6.50. The molecule has 198 valence electrons. The average molecular weight is 544 g/mol. The lowest BCUT2D eigenvalue weighted by molar-refractivity contribution is 0.110. The molecule has 1 aliphatic heterocycles. The summed E-state index contributed by atoms with van der Waals surface area (Å²) in [5, 5.41) is 5.12. The molecule has 2 aliphatic rings. The fraction of sp³-hybridized carbons (Fsp3) is 0.483. The minimum atomic E-state index is -3.77. The molecule has 0 N–H and O–H groups in total. The molecule has 1 saturated carbocycles. The molecule has 0 spiro atoms. The van der Waals surface area contributed by atoms with Gasteiger partial charge in [-0.1, -0.05) is 23.7 Å². The Bertz CT molecular complexity index is 1340. The van der Waals surface area contributed by atoms with Gasteiger partial charge >= 0.3 is 0 Å². The van der Waals surface area contributed by atoms with Gasteiger partial charge in [-0.05, 0) is 113 Å². The zero-order chi connectivity index (χ0) is 26.2. The van der Waals surface area contributed by atoms with Gasteiger partial charge in [0.1, 0.15) is 10.6 Å². The first kappa shape index (κ1) is 26.4. The molecule has 2 aromatic carbocycles. The second-order valence-electron chi connectivity index (χ2n) is 10.5. The number of hydrogen-bond donors (Lipinski definition) is 0. The van der Waals surface area contributed by atoms with Crippen molar-refractivity contribution in [1.29, 1.82) is 0 Å². The van der Waals surface area contributed by atoms with E-state index < -0.39 is 20.4 Å². The number of aromatic nitrogens is 2. The van der Waals surface area contributed by atoms with Crippen molar-refractivity contribution in [2.45, 2.75) is 80.5 Å². The van der Waals surface area contributed by atoms with Gasteiger partial charge in [-0.3, -0.25) is 4.68 Å². The number of nitrogens with zero attached hydrogens (tertiary/aromatic N) is 3. The largest absolute Gasteiger partial charge is 0.300 e. The van der Waals surface area contributed by atoms with Crippen LogP contribution in [0.15, 0.2) is 59.5 Å². The Morgan fingerprint density at radius 2 is 1.70 bits per heavy atom. The Morgan fingerprint density at radius 1 is 1.03 bits per heavy atom. The topological polar surface area (TPSA) is 55.2 Å². The molecule has 0 atom stereocenters. The van der Waals surface area contributed by atoms with E-state index in [0.717, 1.165) is 51.0 Å². The maximum atomic E-state index is 14.3. The van der Waals surface area contributed by atoms with E-state index in [1.807, 2.05) is 0 Å². The van der Waals surface area contributed by atoms with Crippen molar-refractivity contribution in [2.75, 3.05) is 13.1 Å². The van der Waals surface area contributed by atoms with Crippen LogP contribution in [0, 0.1) is 12.7 Å². The van der Waals surface area contributed by atoms with Crippen molar-refractivity contribution in [3.05, 3.63) is 82.4 Å². The number of halogens is 2. The first-order valence-corrected chi connectivity index (χ1v) is 15.1. The maximum Gasteiger partial charge on any atom is 0.188 e. The molecule has 1 aliphatic carbocycles. The summed E-state index contributed by atoms with van der Waals surface area (Å²) in [6, 6.07) is 15.1. The first-order valence-electron chi connectivity index (χ1n) is 13.3. The fourth-order valence-electron chi connectivity index (χ4n) is 6.47. The quantitative estimate of drug-likeness (QED) is 0.356. The highest BCUT2D eigenvalue weighted by Gasteiger charge is 2.49. The lowest BCUT2D eigenvalue weighted by Gasteiger charge is -2.45. The summed E-state index contributed by atoms with van der Waals surface area (Å²) in [4.78, 5) is 2.78. The van der Waals surface area contributed by atoms with Crippen molar-refractivity contribution >= 4 is 21.4 Å². The molecule has 5 rings (SSSR count). The molecule has 2 fully saturated rings. The van der Waals surface area contributed by atoms with E-state index in [2.05, 4.69) is 34.6 Å². The van der Waals surface area contributed by atoms with Gasteiger partial charge in [0.15, 0.2) is 9.84 Å². The van der Waals surface area contributed by atoms with Crippen LogP contribution < -0.4 is 0 Å². The third kappa shape index (κ3) is 4.98. The molecule has 5 nitrogen and oxygen atoms in total. The van der Waals surface area contributed by atoms with E-state index in [1.54, 1.807) is 36.4 Å². The normalized spacial score (nSPS) is 23.8. The molecule has 0 radical (unpaired) electrons. The molecule has 2 heterocycles. The molecular weight excluding hydrogens is 509 g/mol. The highest BCUT2D eigenvalue weighted by atomic mass is 35.5. The van der Waals surface area contributed by atoms with E-state index >= 15 is 0 Å². The summed E-state index contributed by atoms with van der Waals surface area (Å²) >= 11 is 6.04. The van der Waals surface area contributed by atoms with Crippen LogP contribution in [0.1, 0.15) is 68.3 Å². The number of sulfone groups is 1. The van der Waals surface area contributed by atoms with Crippen LogP contribution in [-0.2, 0) is 21.1 Å². The van der Waals surface area contributed by atoms with Gasteiger partial charge in [0.25, 0.3) is 0 Å². The van der Waals surface area contributed by atoms with Gasteiger partial charge in [0.05, 0.1) is 10.6 Å². The number of benzene rings is 2. The third-order valence-electron chi connectivity index (χ3n) is 8.45. The zero-order valence-electron chi connectivity index (χ0n) is 21.5. The molecule has 3 aromatic rings. The Kier molecular flexibility index (Phi) is 7.49. The van der Waals surface area contributed by atoms with Crippen molar-refractivity contribution < 1.29 is 12.8 Å². The van der Waals surface area contributed by atoms with Gasteiger partial charge in [0.2, 0.25) is 0 Å².